The number of piperidine rings is 1. The second kappa shape index (κ2) is 18.7. The number of amidine groups is 1. The van der Waals surface area contributed by atoms with Crippen molar-refractivity contribution < 1.29 is 24.4 Å². The van der Waals surface area contributed by atoms with E-state index >= 15 is 0 Å². The van der Waals surface area contributed by atoms with Gasteiger partial charge in [-0.15, -0.1) is 0 Å². The molecule has 0 radical (unpaired) electrons. The van der Waals surface area contributed by atoms with Crippen LogP contribution in [0.25, 0.3) is 11.1 Å². The van der Waals surface area contributed by atoms with E-state index in [0.29, 0.717) is 46.6 Å². The van der Waals surface area contributed by atoms with Crippen molar-refractivity contribution in [1.82, 2.24) is 15.2 Å². The van der Waals surface area contributed by atoms with Gasteiger partial charge in [0.05, 0.1) is 41.5 Å². The third-order valence-corrected chi connectivity index (χ3v) is 11.0. The molecule has 1 fully saturated rings. The van der Waals surface area contributed by atoms with Gasteiger partial charge in [0.15, 0.2) is 0 Å². The van der Waals surface area contributed by atoms with Crippen LogP contribution in [0.4, 0.5) is 0 Å². The second-order valence-corrected chi connectivity index (χ2v) is 15.1. The monoisotopic (exact) mass is 785 g/mol. The Morgan fingerprint density at radius 2 is 1.58 bits per heavy atom. The molecule has 2 aliphatic heterocycles. The van der Waals surface area contributed by atoms with Crippen molar-refractivity contribution in [2.75, 3.05) is 39.3 Å². The van der Waals surface area contributed by atoms with Gasteiger partial charge in [0.2, 0.25) is 0 Å². The molecular formula is C46H48ClN5O5. The number of nitrogens with one attached hydrogen (secondary N) is 1. The van der Waals surface area contributed by atoms with Gasteiger partial charge in [-0.3, -0.25) is 9.98 Å². The van der Waals surface area contributed by atoms with Gasteiger partial charge in [-0.1, -0.05) is 72.3 Å². The van der Waals surface area contributed by atoms with Gasteiger partial charge in [-0.05, 0) is 78.3 Å². The van der Waals surface area contributed by atoms with Crippen molar-refractivity contribution in [1.29, 1.82) is 5.26 Å². The molecule has 3 N–H and O–H groups in total. The summed E-state index contributed by atoms with van der Waals surface area (Å²) in [6.07, 6.45) is 3.99. The first-order chi connectivity index (χ1) is 27.7. The molecular weight excluding hydrogens is 738 g/mol. The molecule has 0 bridgehead atoms. The van der Waals surface area contributed by atoms with E-state index in [1.807, 2.05) is 24.3 Å². The minimum atomic E-state index is -0.577. The number of halogens is 1. The number of nitriles is 1. The lowest BCUT2D eigenvalue weighted by Gasteiger charge is -2.32. The van der Waals surface area contributed by atoms with Crippen LogP contribution in [0.5, 0.6) is 17.2 Å². The summed E-state index contributed by atoms with van der Waals surface area (Å²) in [6, 6.07) is 30.4. The lowest BCUT2D eigenvalue weighted by Crippen LogP contribution is -2.39. The predicted octanol–water partition coefficient (Wildman–Crippen LogP) is 7.38. The van der Waals surface area contributed by atoms with E-state index in [4.69, 9.17) is 25.8 Å². The molecule has 2 atom stereocenters. The highest BCUT2D eigenvalue weighted by atomic mass is 35.5. The highest BCUT2D eigenvalue weighted by Gasteiger charge is 2.24. The Hall–Kier alpha value is -5.44. The van der Waals surface area contributed by atoms with E-state index in [-0.39, 0.29) is 31.8 Å². The second-order valence-electron chi connectivity index (χ2n) is 14.7. The number of pyridine rings is 1. The zero-order valence-electron chi connectivity index (χ0n) is 32.3. The summed E-state index contributed by atoms with van der Waals surface area (Å²) in [7, 11) is 0. The van der Waals surface area contributed by atoms with E-state index in [2.05, 4.69) is 82.6 Å². The molecule has 7 rings (SSSR count). The third-order valence-electron chi connectivity index (χ3n) is 10.7. The molecule has 0 saturated carbocycles. The Labute approximate surface area is 339 Å². The van der Waals surface area contributed by atoms with Crippen molar-refractivity contribution in [3.63, 3.8) is 0 Å². The van der Waals surface area contributed by atoms with E-state index in [1.165, 1.54) is 11.8 Å². The zero-order valence-corrected chi connectivity index (χ0v) is 33.1. The summed E-state index contributed by atoms with van der Waals surface area (Å²) in [6.45, 7) is 8.44. The Balaban J connectivity index is 1.09. The lowest BCUT2D eigenvalue weighted by atomic mass is 9.93. The zero-order chi connectivity index (χ0) is 39.7. The molecule has 5 aromatic rings. The molecule has 2 aliphatic rings. The van der Waals surface area contributed by atoms with Crippen molar-refractivity contribution >= 4 is 17.4 Å². The smallest absolute Gasteiger partial charge is 0.142 e. The summed E-state index contributed by atoms with van der Waals surface area (Å²) in [5, 5.41) is 33.0. The van der Waals surface area contributed by atoms with Crippen molar-refractivity contribution in [3.05, 3.63) is 141 Å². The average Bonchev–Trinajstić information content (AvgIpc) is 3.23. The largest absolute Gasteiger partial charge is 0.493 e. The molecule has 0 amide bonds. The maximum absolute atomic E-state index is 10.1. The molecule has 10 nitrogen and oxygen atoms in total. The number of likely N-dealkylation sites (tertiary alicyclic amines) is 1. The molecule has 57 heavy (non-hydrogen) atoms. The maximum Gasteiger partial charge on any atom is 0.142 e. The first-order valence-corrected chi connectivity index (χ1v) is 19.8. The number of rotatable bonds is 14. The third kappa shape index (κ3) is 9.93. The highest BCUT2D eigenvalue weighted by molar-refractivity contribution is 6.32. The van der Waals surface area contributed by atoms with Gasteiger partial charge < -0.3 is 34.6 Å². The van der Waals surface area contributed by atoms with Gasteiger partial charge in [-0.25, -0.2) is 0 Å². The van der Waals surface area contributed by atoms with Crippen molar-refractivity contribution in [2.24, 2.45) is 4.99 Å². The molecule has 2 unspecified atom stereocenters. The molecule has 1 aromatic heterocycles. The Morgan fingerprint density at radius 1 is 0.825 bits per heavy atom. The van der Waals surface area contributed by atoms with Crippen LogP contribution >= 0.6 is 11.6 Å². The summed E-state index contributed by atoms with van der Waals surface area (Å²) < 4.78 is 19.3. The van der Waals surface area contributed by atoms with Crippen molar-refractivity contribution in [3.8, 4) is 34.4 Å². The van der Waals surface area contributed by atoms with Crippen LogP contribution in [0.2, 0.25) is 5.02 Å². The van der Waals surface area contributed by atoms with Crippen LogP contribution in [0.15, 0.2) is 102 Å². The van der Waals surface area contributed by atoms with Gasteiger partial charge in [0.25, 0.3) is 0 Å². The number of hydrogen-bond acceptors (Lipinski definition) is 10. The van der Waals surface area contributed by atoms with E-state index in [9.17, 15) is 15.5 Å². The number of nitrogens with zero attached hydrogens (tertiary/aromatic N) is 4. The number of ether oxygens (including phenoxy) is 3. The number of benzene rings is 4. The Kier molecular flexibility index (Phi) is 13.0. The summed E-state index contributed by atoms with van der Waals surface area (Å²) >= 11 is 6.84. The summed E-state index contributed by atoms with van der Waals surface area (Å²) in [5.41, 5.74) is 8.40. The predicted molar refractivity (Wildman–Crippen MR) is 222 cm³/mol. The Bertz CT molecular complexity index is 2240. The number of aliphatic imine (C=N–C) groups is 1. The van der Waals surface area contributed by atoms with Gasteiger partial charge in [0.1, 0.15) is 42.4 Å². The fourth-order valence-corrected chi connectivity index (χ4v) is 7.60. The van der Waals surface area contributed by atoms with Gasteiger partial charge in [-0.2, -0.15) is 5.26 Å². The van der Waals surface area contributed by atoms with Crippen LogP contribution in [-0.2, 0) is 13.2 Å². The molecule has 1 saturated heterocycles. The highest BCUT2D eigenvalue weighted by Crippen LogP contribution is 2.37. The quantitative estimate of drug-likeness (QED) is 0.106. The molecule has 294 valence electrons. The molecule has 11 heteroatoms. The standard InChI is InChI=1S/C46H48ClN5O5/c1-30-35(28-57-45-20-44(55-27-33-18-32(21-48)22-49-23-33)41(19-42(45)47)46-50-24-38(54)25-51-46)10-6-11-39(30)40-12-7-13-43(31(40)2)56-29-36(34-8-4-3-5-9-34)26-52-16-14-37(53)15-17-52/h3-13,18-20,22-23,36-38,53-54H,14-17,24-29H2,1-2H3,(H,50,51). The average molecular weight is 786 g/mol. The van der Waals surface area contributed by atoms with E-state index in [1.54, 1.807) is 24.4 Å². The number of aromatic nitrogens is 1. The van der Waals surface area contributed by atoms with E-state index in [0.717, 1.165) is 71.6 Å². The number of hydrogen-bond donors (Lipinski definition) is 3. The van der Waals surface area contributed by atoms with Crippen LogP contribution in [0.3, 0.4) is 0 Å². The first-order valence-electron chi connectivity index (χ1n) is 19.4. The normalized spacial score (nSPS) is 16.6. The minimum absolute atomic E-state index is 0.159. The molecule has 3 heterocycles. The van der Waals surface area contributed by atoms with E-state index < -0.39 is 6.10 Å². The number of β-amino-alcohol motifs (C(OH)–C–C–N with tert-alkyl or cyclic N) is 1. The van der Waals surface area contributed by atoms with Crippen LogP contribution < -0.4 is 19.5 Å². The summed E-state index contributed by atoms with van der Waals surface area (Å²) in [5.74, 6) is 2.54. The topological polar surface area (TPSA) is 132 Å². The van der Waals surface area contributed by atoms with Gasteiger partial charge in [0, 0.05) is 56.1 Å². The van der Waals surface area contributed by atoms with Crippen LogP contribution in [0, 0.1) is 25.2 Å². The van der Waals surface area contributed by atoms with Crippen LogP contribution in [-0.4, -0.2) is 77.5 Å². The molecule has 0 aliphatic carbocycles. The van der Waals surface area contributed by atoms with Gasteiger partial charge >= 0.3 is 0 Å². The lowest BCUT2D eigenvalue weighted by molar-refractivity contribution is 0.0763. The molecule has 4 aromatic carbocycles. The minimum Gasteiger partial charge on any atom is -0.493 e. The fourth-order valence-electron chi connectivity index (χ4n) is 7.38. The Morgan fingerprint density at radius 3 is 2.33 bits per heavy atom. The first kappa shape index (κ1) is 39.8. The summed E-state index contributed by atoms with van der Waals surface area (Å²) in [4.78, 5) is 11.1. The molecule has 0 spiro atoms. The fraction of sp³-hybridized carbons (Fsp3) is 0.326. The van der Waals surface area contributed by atoms with Crippen LogP contribution in [0.1, 0.15) is 57.7 Å². The SMILES string of the molecule is Cc1c(COc2cc(OCc3cncc(C#N)c3)c(C3=NCC(O)CN3)cc2Cl)cccc1-c1cccc(OCC(CN2CCC(O)CC2)c2ccccc2)c1C. The number of aliphatic hydroxyl groups excluding tert-OH is 2. The number of aliphatic hydroxyl groups is 2. The maximum atomic E-state index is 10.1. The van der Waals surface area contributed by atoms with Crippen molar-refractivity contribution in [2.45, 2.75) is 58.0 Å².